The lowest BCUT2D eigenvalue weighted by Crippen LogP contribution is -2.27. The second kappa shape index (κ2) is 3.38. The van der Waals surface area contributed by atoms with Gasteiger partial charge < -0.3 is 19.7 Å². The van der Waals surface area contributed by atoms with Crippen LogP contribution in [0.2, 0.25) is 0 Å². The zero-order chi connectivity index (χ0) is 9.14. The molecule has 5 heteroatoms. The highest BCUT2D eigenvalue weighted by Gasteiger charge is 2.25. The van der Waals surface area contributed by atoms with Crippen molar-refractivity contribution in [1.82, 2.24) is 0 Å². The predicted molar refractivity (Wildman–Crippen MR) is 37.3 cm³/mol. The van der Waals surface area contributed by atoms with E-state index in [9.17, 15) is 4.79 Å². The Bertz CT molecular complexity index is 253. The van der Waals surface area contributed by atoms with E-state index in [0.29, 0.717) is 0 Å². The Kier molecular flexibility index (Phi) is 2.47. The van der Waals surface area contributed by atoms with Crippen molar-refractivity contribution >= 4 is 5.97 Å². The molecule has 66 valence electrons. The van der Waals surface area contributed by atoms with Gasteiger partial charge in [-0.2, -0.15) is 0 Å². The fourth-order valence-corrected chi connectivity index (χ4v) is 0.761. The van der Waals surface area contributed by atoms with Gasteiger partial charge in [-0.25, -0.2) is 4.79 Å². The fraction of sp³-hybridized carbons (Fsp3) is 0.286. The summed E-state index contributed by atoms with van der Waals surface area (Å²) >= 11 is 0. The fourth-order valence-electron chi connectivity index (χ4n) is 0.761. The Hall–Kier alpha value is -1.33. The van der Waals surface area contributed by atoms with Crippen LogP contribution in [0.4, 0.5) is 0 Å². The van der Waals surface area contributed by atoms with Gasteiger partial charge in [-0.15, -0.1) is 0 Å². The quantitative estimate of drug-likeness (QED) is 0.585. The summed E-state index contributed by atoms with van der Waals surface area (Å²) in [6, 6.07) is 1.39. The van der Waals surface area contributed by atoms with E-state index in [4.69, 9.17) is 15.3 Å². The summed E-state index contributed by atoms with van der Waals surface area (Å²) in [6.07, 6.45) is -0.798. The van der Waals surface area contributed by atoms with E-state index in [2.05, 4.69) is 4.42 Å². The molecule has 0 amide bonds. The molecule has 5 nitrogen and oxygen atoms in total. The minimum atomic E-state index is -1.82. The average molecular weight is 172 g/mol. The van der Waals surface area contributed by atoms with Crippen molar-refractivity contribution in [3.8, 4) is 0 Å². The first-order valence-electron chi connectivity index (χ1n) is 3.24. The highest BCUT2D eigenvalue weighted by Crippen LogP contribution is 2.16. The molecule has 0 aliphatic rings. The SMILES string of the molecule is O=C(O)C(O)C(O)c1ccoc1. The van der Waals surface area contributed by atoms with Crippen LogP contribution in [0.5, 0.6) is 0 Å². The van der Waals surface area contributed by atoms with Crippen LogP contribution in [0.25, 0.3) is 0 Å². The Morgan fingerprint density at radius 3 is 2.58 bits per heavy atom. The van der Waals surface area contributed by atoms with Crippen molar-refractivity contribution in [3.05, 3.63) is 24.2 Å². The molecule has 0 aliphatic carbocycles. The molecule has 0 bridgehead atoms. The normalized spacial score (nSPS) is 15.5. The van der Waals surface area contributed by atoms with E-state index >= 15 is 0 Å². The van der Waals surface area contributed by atoms with Gasteiger partial charge in [0.25, 0.3) is 0 Å². The molecule has 0 aromatic carbocycles. The van der Waals surface area contributed by atoms with Gasteiger partial charge in [0.15, 0.2) is 6.10 Å². The largest absolute Gasteiger partial charge is 0.479 e. The van der Waals surface area contributed by atoms with E-state index in [1.54, 1.807) is 0 Å². The first kappa shape index (κ1) is 8.76. The zero-order valence-corrected chi connectivity index (χ0v) is 6.04. The van der Waals surface area contributed by atoms with Crippen LogP contribution in [0.15, 0.2) is 23.0 Å². The maximum absolute atomic E-state index is 10.2. The average Bonchev–Trinajstić information content (AvgIpc) is 2.53. The first-order valence-corrected chi connectivity index (χ1v) is 3.24. The second-order valence-electron chi connectivity index (χ2n) is 2.28. The van der Waals surface area contributed by atoms with E-state index in [0.717, 1.165) is 0 Å². The number of carboxylic acid groups (broad SMARTS) is 1. The maximum atomic E-state index is 10.2. The molecule has 0 saturated heterocycles. The molecule has 0 saturated carbocycles. The molecule has 1 heterocycles. The predicted octanol–water partition coefficient (Wildman–Crippen LogP) is -0.241. The Morgan fingerprint density at radius 2 is 2.17 bits per heavy atom. The van der Waals surface area contributed by atoms with E-state index < -0.39 is 18.2 Å². The van der Waals surface area contributed by atoms with Crippen LogP contribution in [0, 0.1) is 0 Å². The molecule has 0 spiro atoms. The minimum Gasteiger partial charge on any atom is -0.479 e. The number of hydrogen-bond donors (Lipinski definition) is 3. The number of rotatable bonds is 3. The summed E-state index contributed by atoms with van der Waals surface area (Å²) in [5, 5.41) is 26.3. The summed E-state index contributed by atoms with van der Waals surface area (Å²) in [4.78, 5) is 10.2. The van der Waals surface area contributed by atoms with Crippen molar-refractivity contribution in [2.45, 2.75) is 12.2 Å². The summed E-state index contributed by atoms with van der Waals surface area (Å²) in [5.74, 6) is -1.47. The highest BCUT2D eigenvalue weighted by molar-refractivity contribution is 5.72. The third kappa shape index (κ3) is 1.63. The number of aliphatic carboxylic acids is 1. The molecule has 12 heavy (non-hydrogen) atoms. The lowest BCUT2D eigenvalue weighted by atomic mass is 10.1. The number of carboxylic acids is 1. The summed E-state index contributed by atoms with van der Waals surface area (Å²) in [5.41, 5.74) is 0.241. The van der Waals surface area contributed by atoms with Gasteiger partial charge in [0, 0.05) is 5.56 Å². The molecule has 2 atom stereocenters. The second-order valence-corrected chi connectivity index (χ2v) is 2.28. The van der Waals surface area contributed by atoms with Crippen LogP contribution in [0.3, 0.4) is 0 Å². The van der Waals surface area contributed by atoms with Gasteiger partial charge in [-0.3, -0.25) is 0 Å². The van der Waals surface area contributed by atoms with E-state index in [1.165, 1.54) is 18.6 Å². The van der Waals surface area contributed by atoms with Crippen LogP contribution >= 0.6 is 0 Å². The number of hydrogen-bond acceptors (Lipinski definition) is 4. The summed E-state index contributed by atoms with van der Waals surface area (Å²) < 4.78 is 4.60. The molecule has 2 unspecified atom stereocenters. The Balaban J connectivity index is 2.71. The molecule has 3 N–H and O–H groups in total. The van der Waals surface area contributed by atoms with Gasteiger partial charge >= 0.3 is 5.97 Å². The first-order chi connectivity index (χ1) is 5.63. The molecule has 0 aliphatic heterocycles. The van der Waals surface area contributed by atoms with Crippen molar-refractivity contribution in [3.63, 3.8) is 0 Å². The third-order valence-electron chi connectivity index (χ3n) is 1.44. The van der Waals surface area contributed by atoms with Gasteiger partial charge in [0.05, 0.1) is 12.5 Å². The Morgan fingerprint density at radius 1 is 1.50 bits per heavy atom. The molecule has 1 rings (SSSR count). The van der Waals surface area contributed by atoms with Crippen molar-refractivity contribution in [2.75, 3.05) is 0 Å². The molecule has 0 fully saturated rings. The Labute approximate surface area is 67.9 Å². The number of aliphatic hydroxyl groups excluding tert-OH is 2. The number of carbonyl (C=O) groups is 1. The van der Waals surface area contributed by atoms with E-state index in [-0.39, 0.29) is 5.56 Å². The van der Waals surface area contributed by atoms with Crippen LogP contribution in [-0.4, -0.2) is 27.4 Å². The maximum Gasteiger partial charge on any atom is 0.335 e. The highest BCUT2D eigenvalue weighted by atomic mass is 16.4. The van der Waals surface area contributed by atoms with Crippen LogP contribution in [0.1, 0.15) is 11.7 Å². The lowest BCUT2D eigenvalue weighted by molar-refractivity contribution is -0.153. The van der Waals surface area contributed by atoms with Crippen molar-refractivity contribution in [1.29, 1.82) is 0 Å². The minimum absolute atomic E-state index is 0.241. The van der Waals surface area contributed by atoms with Gasteiger partial charge in [0.2, 0.25) is 0 Å². The summed E-state index contributed by atoms with van der Waals surface area (Å²) in [7, 11) is 0. The summed E-state index contributed by atoms with van der Waals surface area (Å²) in [6.45, 7) is 0. The smallest absolute Gasteiger partial charge is 0.335 e. The van der Waals surface area contributed by atoms with Gasteiger partial charge in [0.1, 0.15) is 6.10 Å². The van der Waals surface area contributed by atoms with Crippen LogP contribution in [-0.2, 0) is 4.79 Å². The van der Waals surface area contributed by atoms with Gasteiger partial charge in [-0.05, 0) is 6.07 Å². The van der Waals surface area contributed by atoms with E-state index in [1.807, 2.05) is 0 Å². The van der Waals surface area contributed by atoms with Crippen molar-refractivity contribution < 1.29 is 24.5 Å². The molecular weight excluding hydrogens is 164 g/mol. The topological polar surface area (TPSA) is 90.9 Å². The monoisotopic (exact) mass is 172 g/mol. The van der Waals surface area contributed by atoms with Crippen LogP contribution < -0.4 is 0 Å². The zero-order valence-electron chi connectivity index (χ0n) is 6.04. The number of aliphatic hydroxyl groups is 2. The molecular formula is C7H8O5. The molecule has 1 aromatic rings. The molecule has 1 aromatic heterocycles. The lowest BCUT2D eigenvalue weighted by Gasteiger charge is -2.10. The number of furan rings is 1. The van der Waals surface area contributed by atoms with Gasteiger partial charge in [-0.1, -0.05) is 0 Å². The standard InChI is InChI=1S/C7H8O5/c8-5(6(9)7(10)11)4-1-2-12-3-4/h1-3,5-6,8-9H,(H,10,11). The molecule has 0 radical (unpaired) electrons. The third-order valence-corrected chi connectivity index (χ3v) is 1.44. The van der Waals surface area contributed by atoms with Crippen molar-refractivity contribution in [2.24, 2.45) is 0 Å².